The van der Waals surface area contributed by atoms with Crippen LogP contribution in [0.5, 0.6) is 0 Å². The number of hydrogen-bond donors (Lipinski definition) is 0. The van der Waals surface area contributed by atoms with Gasteiger partial charge < -0.3 is 4.74 Å². The zero-order chi connectivity index (χ0) is 16.9. The van der Waals surface area contributed by atoms with Gasteiger partial charge in [-0.05, 0) is 53.4 Å². The van der Waals surface area contributed by atoms with Crippen LogP contribution in [0.4, 0.5) is 0 Å². The topological polar surface area (TPSA) is 9.23 Å². The van der Waals surface area contributed by atoms with E-state index >= 15 is 0 Å². The van der Waals surface area contributed by atoms with Gasteiger partial charge in [0, 0.05) is 18.4 Å². The van der Waals surface area contributed by atoms with E-state index in [9.17, 15) is 0 Å². The van der Waals surface area contributed by atoms with Gasteiger partial charge in [0.25, 0.3) is 0 Å². The molecule has 1 heterocycles. The Morgan fingerprint density at radius 2 is 1.92 bits per heavy atom. The van der Waals surface area contributed by atoms with Crippen LogP contribution in [-0.4, -0.2) is 6.61 Å². The van der Waals surface area contributed by atoms with Gasteiger partial charge in [-0.1, -0.05) is 64.1 Å². The van der Waals surface area contributed by atoms with Crippen molar-refractivity contribution in [3.63, 3.8) is 0 Å². The van der Waals surface area contributed by atoms with E-state index in [1.54, 1.807) is 0 Å². The van der Waals surface area contributed by atoms with Gasteiger partial charge in [0.2, 0.25) is 0 Å². The molecule has 0 radical (unpaired) electrons. The fourth-order valence-corrected chi connectivity index (χ4v) is 4.87. The lowest BCUT2D eigenvalue weighted by Crippen LogP contribution is -2.38. The molecule has 1 spiro atoms. The van der Waals surface area contributed by atoms with Gasteiger partial charge in [0.15, 0.2) is 0 Å². The van der Waals surface area contributed by atoms with E-state index in [0.717, 1.165) is 6.61 Å². The van der Waals surface area contributed by atoms with Crippen LogP contribution in [-0.2, 0) is 10.3 Å². The molecule has 3 unspecified atom stereocenters. The third-order valence-corrected chi connectivity index (χ3v) is 6.32. The Hall–Kier alpha value is -1.34. The van der Waals surface area contributed by atoms with E-state index in [1.165, 1.54) is 41.5 Å². The highest BCUT2D eigenvalue weighted by Gasteiger charge is 2.52. The summed E-state index contributed by atoms with van der Waals surface area (Å²) in [6, 6.07) is 7.17. The van der Waals surface area contributed by atoms with Crippen molar-refractivity contribution >= 4 is 0 Å². The summed E-state index contributed by atoms with van der Waals surface area (Å²) in [5.41, 5.74) is 5.81. The van der Waals surface area contributed by atoms with Crippen molar-refractivity contribution in [1.82, 2.24) is 0 Å². The first-order valence-electron chi connectivity index (χ1n) is 9.71. The molecule has 0 saturated carbocycles. The number of benzene rings is 1. The summed E-state index contributed by atoms with van der Waals surface area (Å²) in [6.45, 7) is 10.1. The van der Waals surface area contributed by atoms with E-state index in [-0.39, 0.29) is 5.60 Å². The Bertz CT molecular complexity index is 686. The first kappa shape index (κ1) is 16.1. The number of hydrogen-bond acceptors (Lipinski definition) is 1. The molecule has 0 N–H and O–H groups in total. The first-order chi connectivity index (χ1) is 11.5. The van der Waals surface area contributed by atoms with Crippen LogP contribution in [0.3, 0.4) is 0 Å². The minimum absolute atomic E-state index is 0.0892. The summed E-state index contributed by atoms with van der Waals surface area (Å²) in [6.07, 6.45) is 11.0. The van der Waals surface area contributed by atoms with E-state index in [4.69, 9.17) is 4.74 Å². The molecule has 4 rings (SSSR count). The molecule has 1 aliphatic heterocycles. The summed E-state index contributed by atoms with van der Waals surface area (Å²) in [7, 11) is 0. The van der Waals surface area contributed by atoms with Crippen molar-refractivity contribution in [2.75, 3.05) is 6.61 Å². The van der Waals surface area contributed by atoms with Crippen LogP contribution in [0.25, 0.3) is 0 Å². The van der Waals surface area contributed by atoms with Crippen LogP contribution in [0.15, 0.2) is 42.0 Å². The Morgan fingerprint density at radius 3 is 2.58 bits per heavy atom. The van der Waals surface area contributed by atoms with Crippen molar-refractivity contribution in [3.05, 3.63) is 58.7 Å². The lowest BCUT2D eigenvalue weighted by Gasteiger charge is -2.41. The van der Waals surface area contributed by atoms with Crippen molar-refractivity contribution in [2.24, 2.45) is 11.8 Å². The predicted molar refractivity (Wildman–Crippen MR) is 100 cm³/mol. The minimum Gasteiger partial charge on any atom is -0.370 e. The molecule has 24 heavy (non-hydrogen) atoms. The summed E-state index contributed by atoms with van der Waals surface area (Å²) >= 11 is 0. The maximum Gasteiger partial charge on any atom is 0.101 e. The molecule has 1 heteroatoms. The van der Waals surface area contributed by atoms with Crippen molar-refractivity contribution < 1.29 is 4.74 Å². The molecule has 128 valence electrons. The van der Waals surface area contributed by atoms with Crippen LogP contribution >= 0.6 is 0 Å². The third kappa shape index (κ3) is 2.32. The van der Waals surface area contributed by atoms with Gasteiger partial charge >= 0.3 is 0 Å². The summed E-state index contributed by atoms with van der Waals surface area (Å²) in [5.74, 6) is 2.10. The molecule has 0 bridgehead atoms. The van der Waals surface area contributed by atoms with E-state index < -0.39 is 0 Å². The molecule has 1 nitrogen and oxygen atoms in total. The highest BCUT2D eigenvalue weighted by molar-refractivity contribution is 5.52. The normalized spacial score (nSPS) is 31.5. The Balaban J connectivity index is 1.86. The first-order valence-corrected chi connectivity index (χ1v) is 9.71. The Kier molecular flexibility index (Phi) is 3.95. The molecule has 1 fully saturated rings. The van der Waals surface area contributed by atoms with Crippen molar-refractivity contribution in [2.45, 2.75) is 64.4 Å². The predicted octanol–water partition coefficient (Wildman–Crippen LogP) is 6.07. The van der Waals surface area contributed by atoms with Gasteiger partial charge in [-0.3, -0.25) is 0 Å². The number of fused-ring (bicyclic) bond motifs is 5. The summed E-state index contributed by atoms with van der Waals surface area (Å²) in [5, 5.41) is 0. The van der Waals surface area contributed by atoms with E-state index in [2.05, 4.69) is 64.1 Å². The van der Waals surface area contributed by atoms with Gasteiger partial charge in [0.05, 0.1) is 0 Å². The average Bonchev–Trinajstić information content (AvgIpc) is 2.85. The van der Waals surface area contributed by atoms with Gasteiger partial charge in [-0.25, -0.2) is 0 Å². The average molecular weight is 322 g/mol. The minimum atomic E-state index is -0.0892. The molecular weight excluding hydrogens is 292 g/mol. The molecule has 2 aliphatic carbocycles. The molecule has 3 atom stereocenters. The largest absolute Gasteiger partial charge is 0.370 e. The second-order valence-corrected chi connectivity index (χ2v) is 8.43. The summed E-state index contributed by atoms with van der Waals surface area (Å²) in [4.78, 5) is 0. The number of ether oxygens (including phenoxy) is 1. The van der Waals surface area contributed by atoms with Crippen LogP contribution in [0.1, 0.15) is 75.5 Å². The SMILES string of the molecule is CC(C)C1=CC2C(C=C1)c1ccc(C(C)C)cc1C21CCCCO1. The maximum atomic E-state index is 6.61. The zero-order valence-corrected chi connectivity index (χ0v) is 15.5. The Morgan fingerprint density at radius 1 is 1.08 bits per heavy atom. The third-order valence-electron chi connectivity index (χ3n) is 6.32. The molecule has 1 aromatic rings. The highest BCUT2D eigenvalue weighted by atomic mass is 16.5. The molecule has 1 aromatic carbocycles. The van der Waals surface area contributed by atoms with Gasteiger partial charge in [0.1, 0.15) is 5.60 Å². The monoisotopic (exact) mass is 322 g/mol. The second kappa shape index (κ2) is 5.88. The van der Waals surface area contributed by atoms with Gasteiger partial charge in [-0.2, -0.15) is 0 Å². The fraction of sp³-hybridized carbons (Fsp3) is 0.565. The lowest BCUT2D eigenvalue weighted by molar-refractivity contribution is -0.106. The zero-order valence-electron chi connectivity index (χ0n) is 15.5. The van der Waals surface area contributed by atoms with Crippen LogP contribution < -0.4 is 0 Å². The standard InChI is InChI=1S/C23H30O/c1-15(2)17-7-9-19-20-10-8-18(16(3)4)14-22(20)23(21(19)13-17)11-5-6-12-24-23/h7-10,13-16,19,21H,5-6,11-12H2,1-4H3. The molecule has 0 aromatic heterocycles. The molecule has 0 amide bonds. The maximum absolute atomic E-state index is 6.61. The second-order valence-electron chi connectivity index (χ2n) is 8.43. The van der Waals surface area contributed by atoms with Crippen molar-refractivity contribution in [3.8, 4) is 0 Å². The van der Waals surface area contributed by atoms with Crippen LogP contribution in [0.2, 0.25) is 0 Å². The van der Waals surface area contributed by atoms with E-state index in [0.29, 0.717) is 23.7 Å². The van der Waals surface area contributed by atoms with Gasteiger partial charge in [-0.15, -0.1) is 0 Å². The highest BCUT2D eigenvalue weighted by Crippen LogP contribution is 2.58. The van der Waals surface area contributed by atoms with E-state index in [1.807, 2.05) is 0 Å². The van der Waals surface area contributed by atoms with Crippen LogP contribution in [0, 0.1) is 11.8 Å². The quantitative estimate of drug-likeness (QED) is 0.642. The molecule has 3 aliphatic rings. The number of rotatable bonds is 2. The molecule has 1 saturated heterocycles. The lowest BCUT2D eigenvalue weighted by atomic mass is 9.74. The Labute approximate surface area is 146 Å². The molecular formula is C23H30O. The van der Waals surface area contributed by atoms with Crippen molar-refractivity contribution in [1.29, 1.82) is 0 Å². The fourth-order valence-electron chi connectivity index (χ4n) is 4.87. The number of allylic oxidation sites excluding steroid dienone is 3. The smallest absolute Gasteiger partial charge is 0.101 e. The summed E-state index contributed by atoms with van der Waals surface area (Å²) < 4.78 is 6.61.